The Kier molecular flexibility index (Phi) is 6.92. The highest BCUT2D eigenvalue weighted by molar-refractivity contribution is 5.76. The Bertz CT molecular complexity index is 540. The fourth-order valence-corrected chi connectivity index (χ4v) is 6.09. The van der Waals surface area contributed by atoms with E-state index in [1.165, 1.54) is 44.9 Å². The molecule has 1 aliphatic carbocycles. The number of carbonyl (C=O) groups is 2. The van der Waals surface area contributed by atoms with Gasteiger partial charge in [0.05, 0.1) is 0 Å². The van der Waals surface area contributed by atoms with Gasteiger partial charge in [-0.15, -0.1) is 0 Å². The smallest absolute Gasteiger partial charge is 0.222 e. The second-order valence-corrected chi connectivity index (χ2v) is 9.84. The predicted molar refractivity (Wildman–Crippen MR) is 111 cm³/mol. The van der Waals surface area contributed by atoms with Gasteiger partial charge in [0.25, 0.3) is 0 Å². The standard InChI is InChI=1S/C23H39N3O2/c27-22(25-12-3-4-13-25)9-5-8-21-20-14-19(15-24-21)16-26(17-20)23(28)11-10-18-6-1-2-7-18/h18-21,24H,1-17H2. The summed E-state index contributed by atoms with van der Waals surface area (Å²) in [5.74, 6) is 2.74. The molecule has 3 aliphatic heterocycles. The van der Waals surface area contributed by atoms with Gasteiger partial charge in [-0.3, -0.25) is 9.59 Å². The Morgan fingerprint density at radius 1 is 0.857 bits per heavy atom. The van der Waals surface area contributed by atoms with E-state index in [9.17, 15) is 9.59 Å². The molecule has 4 rings (SSSR count). The maximum atomic E-state index is 12.8. The van der Waals surface area contributed by atoms with Crippen molar-refractivity contribution in [1.29, 1.82) is 0 Å². The first-order valence-corrected chi connectivity index (χ1v) is 12.0. The van der Waals surface area contributed by atoms with E-state index in [1.54, 1.807) is 0 Å². The highest BCUT2D eigenvalue weighted by Crippen LogP contribution is 2.32. The molecule has 0 aromatic heterocycles. The third-order valence-corrected chi connectivity index (χ3v) is 7.77. The molecule has 3 unspecified atom stereocenters. The molecule has 0 spiro atoms. The van der Waals surface area contributed by atoms with Crippen LogP contribution in [0, 0.1) is 17.8 Å². The van der Waals surface area contributed by atoms with Crippen LogP contribution in [0.15, 0.2) is 0 Å². The maximum absolute atomic E-state index is 12.8. The summed E-state index contributed by atoms with van der Waals surface area (Å²) in [5, 5.41) is 3.74. The normalized spacial score (nSPS) is 30.8. The van der Waals surface area contributed by atoms with Crippen LogP contribution < -0.4 is 5.32 Å². The molecule has 0 radical (unpaired) electrons. The van der Waals surface area contributed by atoms with E-state index in [4.69, 9.17) is 0 Å². The lowest BCUT2D eigenvalue weighted by atomic mass is 9.79. The number of hydrogen-bond acceptors (Lipinski definition) is 3. The molecule has 0 aromatic carbocycles. The van der Waals surface area contributed by atoms with Gasteiger partial charge in [-0.05, 0) is 62.8 Å². The fraction of sp³-hybridized carbons (Fsp3) is 0.913. The molecule has 4 fully saturated rings. The second-order valence-electron chi connectivity index (χ2n) is 9.84. The Morgan fingerprint density at radius 3 is 2.39 bits per heavy atom. The van der Waals surface area contributed by atoms with Gasteiger partial charge >= 0.3 is 0 Å². The molecule has 28 heavy (non-hydrogen) atoms. The number of amides is 2. The SMILES string of the molecule is O=C(CCCC1NCC2CC1CN(C(=O)CCC1CCCC1)C2)N1CCCC1. The molecule has 2 bridgehead atoms. The minimum absolute atomic E-state index is 0.346. The molecule has 1 saturated carbocycles. The summed E-state index contributed by atoms with van der Waals surface area (Å²) in [7, 11) is 0. The Morgan fingerprint density at radius 2 is 1.61 bits per heavy atom. The molecule has 5 heteroatoms. The number of piperidine rings is 2. The number of fused-ring (bicyclic) bond motifs is 2. The van der Waals surface area contributed by atoms with Crippen molar-refractivity contribution in [2.75, 3.05) is 32.7 Å². The highest BCUT2D eigenvalue weighted by atomic mass is 16.2. The van der Waals surface area contributed by atoms with Crippen LogP contribution >= 0.6 is 0 Å². The molecule has 5 nitrogen and oxygen atoms in total. The van der Waals surface area contributed by atoms with Crippen molar-refractivity contribution < 1.29 is 9.59 Å². The van der Waals surface area contributed by atoms with Crippen LogP contribution in [-0.4, -0.2) is 60.4 Å². The summed E-state index contributed by atoms with van der Waals surface area (Å²) in [6.45, 7) is 4.84. The van der Waals surface area contributed by atoms with Crippen molar-refractivity contribution in [2.45, 2.75) is 83.1 Å². The molecular formula is C23H39N3O2. The third-order valence-electron chi connectivity index (χ3n) is 7.77. The fourth-order valence-electron chi connectivity index (χ4n) is 6.09. The molecule has 2 amide bonds. The highest BCUT2D eigenvalue weighted by Gasteiger charge is 2.37. The van der Waals surface area contributed by atoms with Crippen LogP contribution in [0.1, 0.15) is 77.0 Å². The van der Waals surface area contributed by atoms with Gasteiger partial charge in [-0.1, -0.05) is 25.7 Å². The number of hydrogen-bond donors (Lipinski definition) is 1. The number of carbonyl (C=O) groups excluding carboxylic acids is 2. The zero-order valence-electron chi connectivity index (χ0n) is 17.5. The van der Waals surface area contributed by atoms with Crippen molar-refractivity contribution in [2.24, 2.45) is 17.8 Å². The van der Waals surface area contributed by atoms with Crippen molar-refractivity contribution in [3.05, 3.63) is 0 Å². The lowest BCUT2D eigenvalue weighted by Gasteiger charge is -2.46. The summed E-state index contributed by atoms with van der Waals surface area (Å²) >= 11 is 0. The van der Waals surface area contributed by atoms with E-state index in [2.05, 4.69) is 10.2 Å². The summed E-state index contributed by atoms with van der Waals surface area (Å²) in [6, 6.07) is 0.480. The monoisotopic (exact) mass is 389 g/mol. The van der Waals surface area contributed by atoms with E-state index in [0.29, 0.717) is 36.1 Å². The van der Waals surface area contributed by atoms with Gasteiger partial charge in [-0.2, -0.15) is 0 Å². The van der Waals surface area contributed by atoms with Crippen LogP contribution in [-0.2, 0) is 9.59 Å². The Hall–Kier alpha value is -1.10. The van der Waals surface area contributed by atoms with E-state index in [0.717, 1.165) is 64.3 Å². The van der Waals surface area contributed by atoms with Crippen LogP contribution in [0.3, 0.4) is 0 Å². The number of likely N-dealkylation sites (tertiary alicyclic amines) is 2. The number of nitrogens with zero attached hydrogens (tertiary/aromatic N) is 2. The zero-order valence-corrected chi connectivity index (χ0v) is 17.5. The molecule has 3 atom stereocenters. The quantitative estimate of drug-likeness (QED) is 0.728. The van der Waals surface area contributed by atoms with Gasteiger partial charge in [0.2, 0.25) is 11.8 Å². The first-order valence-electron chi connectivity index (χ1n) is 12.0. The van der Waals surface area contributed by atoms with Gasteiger partial charge in [0, 0.05) is 45.1 Å². The van der Waals surface area contributed by atoms with Crippen molar-refractivity contribution in [1.82, 2.24) is 15.1 Å². The van der Waals surface area contributed by atoms with E-state index < -0.39 is 0 Å². The van der Waals surface area contributed by atoms with Crippen LogP contribution in [0.5, 0.6) is 0 Å². The largest absolute Gasteiger partial charge is 0.343 e. The lowest BCUT2D eigenvalue weighted by Crippen LogP contribution is -2.57. The van der Waals surface area contributed by atoms with Crippen molar-refractivity contribution in [3.8, 4) is 0 Å². The Labute approximate surface area is 170 Å². The first kappa shape index (κ1) is 20.2. The lowest BCUT2D eigenvalue weighted by molar-refractivity contribution is -0.135. The summed E-state index contributed by atoms with van der Waals surface area (Å²) in [5.41, 5.74) is 0. The number of rotatable bonds is 7. The van der Waals surface area contributed by atoms with Crippen molar-refractivity contribution >= 4 is 11.8 Å². The molecule has 1 N–H and O–H groups in total. The summed E-state index contributed by atoms with van der Waals surface area (Å²) in [6.07, 6.45) is 13.6. The van der Waals surface area contributed by atoms with E-state index >= 15 is 0 Å². The van der Waals surface area contributed by atoms with Crippen LogP contribution in [0.2, 0.25) is 0 Å². The third kappa shape index (κ3) is 5.08. The first-order chi connectivity index (χ1) is 13.7. The van der Waals surface area contributed by atoms with Crippen LogP contribution in [0.4, 0.5) is 0 Å². The second kappa shape index (κ2) is 9.60. The molecule has 0 aromatic rings. The van der Waals surface area contributed by atoms with E-state index in [1.807, 2.05) is 4.90 Å². The van der Waals surface area contributed by atoms with E-state index in [-0.39, 0.29) is 0 Å². The minimum atomic E-state index is 0.346. The van der Waals surface area contributed by atoms with Gasteiger partial charge in [0.15, 0.2) is 0 Å². The Balaban J connectivity index is 1.20. The molecule has 3 heterocycles. The number of nitrogens with one attached hydrogen (secondary N) is 1. The van der Waals surface area contributed by atoms with Gasteiger partial charge in [-0.25, -0.2) is 0 Å². The average Bonchev–Trinajstić information content (AvgIpc) is 3.41. The molecule has 3 saturated heterocycles. The predicted octanol–water partition coefficient (Wildman–Crippen LogP) is 3.19. The van der Waals surface area contributed by atoms with Crippen LogP contribution in [0.25, 0.3) is 0 Å². The van der Waals surface area contributed by atoms with Gasteiger partial charge < -0.3 is 15.1 Å². The molecule has 4 aliphatic rings. The summed E-state index contributed by atoms with van der Waals surface area (Å²) < 4.78 is 0. The zero-order chi connectivity index (χ0) is 19.3. The maximum Gasteiger partial charge on any atom is 0.222 e. The topological polar surface area (TPSA) is 52.7 Å². The molecule has 158 valence electrons. The summed E-state index contributed by atoms with van der Waals surface area (Å²) in [4.78, 5) is 29.3. The van der Waals surface area contributed by atoms with Crippen molar-refractivity contribution in [3.63, 3.8) is 0 Å². The van der Waals surface area contributed by atoms with Gasteiger partial charge in [0.1, 0.15) is 0 Å². The molecular weight excluding hydrogens is 350 g/mol. The average molecular weight is 390 g/mol. The minimum Gasteiger partial charge on any atom is -0.343 e.